The van der Waals surface area contributed by atoms with E-state index in [9.17, 15) is 0 Å². The van der Waals surface area contributed by atoms with Gasteiger partial charge in [-0.1, -0.05) is 0 Å². The van der Waals surface area contributed by atoms with Crippen molar-refractivity contribution in [2.24, 2.45) is 0 Å². The third kappa shape index (κ3) is 52.2. The second-order valence-corrected chi connectivity index (χ2v) is 0.671. The van der Waals surface area contributed by atoms with Crippen molar-refractivity contribution in [1.82, 2.24) is 0 Å². The van der Waals surface area contributed by atoms with E-state index >= 15 is 0 Å². The molecule has 0 saturated carbocycles. The van der Waals surface area contributed by atoms with Gasteiger partial charge in [0.15, 0.2) is 0 Å². The van der Waals surface area contributed by atoms with Gasteiger partial charge in [-0.2, -0.15) is 0 Å². The Kier molecular flexibility index (Phi) is 25.2. The zero-order valence-electron chi connectivity index (χ0n) is 3.03. The van der Waals surface area contributed by atoms with Crippen LogP contribution in [-0.4, -0.2) is 0 Å². The molecule has 0 aliphatic heterocycles. The van der Waals surface area contributed by atoms with Crippen molar-refractivity contribution in [3.63, 3.8) is 0 Å². The van der Waals surface area contributed by atoms with Crippen LogP contribution < -0.4 is 33.5 Å². The van der Waals surface area contributed by atoms with Gasteiger partial charge < -0.3 is 23.3 Å². The SMILES string of the molecule is [Fe+2].[Li+].[O-]P([O-])[O-]. The fourth-order valence-corrected chi connectivity index (χ4v) is 0. The molecule has 0 saturated heterocycles. The zero-order valence-corrected chi connectivity index (χ0v) is 5.02. The maximum absolute atomic E-state index is 8.48. The van der Waals surface area contributed by atoms with E-state index in [2.05, 4.69) is 0 Å². The van der Waals surface area contributed by atoms with Gasteiger partial charge in [-0.05, 0) is 0 Å². The molecule has 0 spiro atoms. The molecule has 0 radical (unpaired) electrons. The van der Waals surface area contributed by atoms with Gasteiger partial charge in [0.1, 0.15) is 0 Å². The Hall–Kier alpha value is 1.43. The minimum atomic E-state index is -3.37. The van der Waals surface area contributed by atoms with E-state index in [1.807, 2.05) is 0 Å². The molecule has 0 rings (SSSR count). The second-order valence-electron chi connectivity index (χ2n) is 0.224. The van der Waals surface area contributed by atoms with E-state index in [1.165, 1.54) is 0 Å². The van der Waals surface area contributed by atoms with Crippen molar-refractivity contribution in [2.75, 3.05) is 0 Å². The summed E-state index contributed by atoms with van der Waals surface area (Å²) in [5.41, 5.74) is 0. The first-order valence-corrected chi connectivity index (χ1v) is 1.64. The molecule has 0 N–H and O–H groups in total. The summed E-state index contributed by atoms with van der Waals surface area (Å²) in [7, 11) is -3.37. The van der Waals surface area contributed by atoms with Gasteiger partial charge in [0.05, 0.1) is 0 Å². The third-order valence-corrected chi connectivity index (χ3v) is 0. The monoisotopic (exact) mass is 142 g/mol. The normalized spacial score (nSPS) is 6.00. The molecule has 6 heteroatoms. The first kappa shape index (κ1) is 15.7. The maximum Gasteiger partial charge on any atom is 2.00 e. The summed E-state index contributed by atoms with van der Waals surface area (Å²) in [5, 5.41) is 0. The van der Waals surface area contributed by atoms with Gasteiger partial charge in [0.25, 0.3) is 0 Å². The summed E-state index contributed by atoms with van der Waals surface area (Å²) < 4.78 is 0. The molecule has 0 amide bonds. The molecule has 0 bridgehead atoms. The van der Waals surface area contributed by atoms with Crippen molar-refractivity contribution in [3.05, 3.63) is 0 Å². The Morgan fingerprint density at radius 2 is 1.00 bits per heavy atom. The van der Waals surface area contributed by atoms with Crippen LogP contribution >= 0.6 is 8.60 Å². The summed E-state index contributed by atoms with van der Waals surface area (Å²) in [4.78, 5) is 25.4. The molecule has 6 heavy (non-hydrogen) atoms. The molecule has 0 aromatic rings. The van der Waals surface area contributed by atoms with Gasteiger partial charge >= 0.3 is 35.9 Å². The zero-order chi connectivity index (χ0) is 3.58. The Bertz CT molecular complexity index is 15.5. The topological polar surface area (TPSA) is 69.2 Å². The van der Waals surface area contributed by atoms with E-state index in [4.69, 9.17) is 14.7 Å². The average molecular weight is 142 g/mol. The molecule has 0 aromatic heterocycles. The van der Waals surface area contributed by atoms with Crippen LogP contribution in [0, 0.1) is 0 Å². The third-order valence-electron chi connectivity index (χ3n) is 0. The van der Waals surface area contributed by atoms with Crippen LogP contribution in [0.15, 0.2) is 0 Å². The molecule has 0 fully saturated rings. The van der Waals surface area contributed by atoms with E-state index in [0.717, 1.165) is 0 Å². The molecular formula is FeLiO3P. The van der Waals surface area contributed by atoms with Crippen LogP contribution in [0.5, 0.6) is 0 Å². The molecular weight excluding hydrogens is 142 g/mol. The standard InChI is InChI=1S/Fe.Li.O3P/c;;1-4(2)3/q+2;+1;-3. The van der Waals surface area contributed by atoms with Gasteiger partial charge in [-0.3, -0.25) is 0 Å². The maximum atomic E-state index is 8.48. The Morgan fingerprint density at radius 3 is 1.00 bits per heavy atom. The van der Waals surface area contributed by atoms with Crippen LogP contribution in [0.25, 0.3) is 0 Å². The number of hydrogen-bond acceptors (Lipinski definition) is 3. The van der Waals surface area contributed by atoms with Crippen LogP contribution in [0.4, 0.5) is 0 Å². The minimum Gasteiger partial charge on any atom is -0.854 e. The number of rotatable bonds is 0. The molecule has 0 unspecified atom stereocenters. The van der Waals surface area contributed by atoms with Crippen molar-refractivity contribution in [3.8, 4) is 0 Å². The number of hydrogen-bond donors (Lipinski definition) is 0. The fourth-order valence-electron chi connectivity index (χ4n) is 0. The first-order valence-electron chi connectivity index (χ1n) is 0.548. The van der Waals surface area contributed by atoms with Crippen LogP contribution in [0.1, 0.15) is 0 Å². The fraction of sp³-hybridized carbons (Fsp3) is 0. The van der Waals surface area contributed by atoms with Gasteiger partial charge in [0, 0.05) is 0 Å². The molecule has 0 aliphatic rings. The smallest absolute Gasteiger partial charge is 0.854 e. The predicted octanol–water partition coefficient (Wildman–Crippen LogP) is -5.70. The van der Waals surface area contributed by atoms with Gasteiger partial charge in [0.2, 0.25) is 0 Å². The van der Waals surface area contributed by atoms with Crippen LogP contribution in [0.2, 0.25) is 0 Å². The second kappa shape index (κ2) is 9.66. The van der Waals surface area contributed by atoms with Gasteiger partial charge in [-0.25, -0.2) is 0 Å². The van der Waals surface area contributed by atoms with E-state index < -0.39 is 8.60 Å². The molecule has 0 aliphatic carbocycles. The minimum absolute atomic E-state index is 0. The quantitative estimate of drug-likeness (QED) is 0.250. The molecule has 3 nitrogen and oxygen atoms in total. The van der Waals surface area contributed by atoms with Crippen molar-refractivity contribution < 1.29 is 50.6 Å². The summed E-state index contributed by atoms with van der Waals surface area (Å²) in [6, 6.07) is 0. The largest absolute Gasteiger partial charge is 2.00 e. The van der Waals surface area contributed by atoms with Crippen molar-refractivity contribution in [2.45, 2.75) is 0 Å². The summed E-state index contributed by atoms with van der Waals surface area (Å²) in [6.07, 6.45) is 0. The average Bonchev–Trinajstić information content (AvgIpc) is 0.811. The van der Waals surface area contributed by atoms with Gasteiger partial charge in [-0.15, -0.1) is 0 Å². The molecule has 32 valence electrons. The predicted molar refractivity (Wildman–Crippen MR) is 6.92 cm³/mol. The van der Waals surface area contributed by atoms with E-state index in [1.54, 1.807) is 0 Å². The Balaban J connectivity index is -0.0000000450. The summed E-state index contributed by atoms with van der Waals surface area (Å²) in [6.45, 7) is 0. The summed E-state index contributed by atoms with van der Waals surface area (Å²) >= 11 is 0. The first-order chi connectivity index (χ1) is 1.73. The van der Waals surface area contributed by atoms with E-state index in [0.29, 0.717) is 0 Å². The van der Waals surface area contributed by atoms with Crippen LogP contribution in [-0.2, 0) is 17.1 Å². The Labute approximate surface area is 59.4 Å². The molecule has 0 heterocycles. The molecule has 0 aromatic carbocycles. The van der Waals surface area contributed by atoms with E-state index in [-0.39, 0.29) is 35.9 Å². The summed E-state index contributed by atoms with van der Waals surface area (Å²) in [5.74, 6) is 0. The van der Waals surface area contributed by atoms with Crippen molar-refractivity contribution >= 4 is 8.60 Å². The molecule has 0 atom stereocenters. The Morgan fingerprint density at radius 1 is 1.00 bits per heavy atom. The van der Waals surface area contributed by atoms with Crippen LogP contribution in [0.3, 0.4) is 0 Å². The van der Waals surface area contributed by atoms with Crippen molar-refractivity contribution in [1.29, 1.82) is 0 Å².